The number of benzene rings is 2. The van der Waals surface area contributed by atoms with E-state index in [1.54, 1.807) is 4.90 Å². The number of non-ortho nitro benzene ring substituents is 1. The van der Waals surface area contributed by atoms with Gasteiger partial charge in [0.1, 0.15) is 5.82 Å². The average Bonchev–Trinajstić information content (AvgIpc) is 3.41. The van der Waals surface area contributed by atoms with Crippen LogP contribution >= 0.6 is 34.7 Å². The molecule has 0 radical (unpaired) electrons. The Morgan fingerprint density at radius 2 is 2.05 bits per heavy atom. The van der Waals surface area contributed by atoms with Crippen LogP contribution < -0.4 is 16.0 Å². The summed E-state index contributed by atoms with van der Waals surface area (Å²) in [7, 11) is 0. The summed E-state index contributed by atoms with van der Waals surface area (Å²) < 4.78 is 0.455. The Labute approximate surface area is 247 Å². The molecule has 1 aromatic heterocycles. The minimum Gasteiger partial charge on any atom is -0.384 e. The highest BCUT2D eigenvalue weighted by Crippen LogP contribution is 2.47. The molecule has 2 heterocycles. The van der Waals surface area contributed by atoms with Gasteiger partial charge in [-0.05, 0) is 31.4 Å². The van der Waals surface area contributed by atoms with Crippen LogP contribution in [0, 0.1) is 28.4 Å². The van der Waals surface area contributed by atoms with Gasteiger partial charge in [-0.15, -0.1) is 10.2 Å². The number of nitriles is 1. The zero-order valence-corrected chi connectivity index (χ0v) is 24.0. The van der Waals surface area contributed by atoms with E-state index in [0.717, 1.165) is 22.9 Å². The highest BCUT2D eigenvalue weighted by molar-refractivity contribution is 8.01. The first-order valence-corrected chi connectivity index (χ1v) is 14.6. The van der Waals surface area contributed by atoms with Crippen molar-refractivity contribution < 1.29 is 14.5 Å². The van der Waals surface area contributed by atoms with E-state index in [2.05, 4.69) is 21.6 Å². The SMILES string of the molecule is Cc1ccc(C2C(C#N)=C(N)N(c3nnc(SCC(=O)Nc4cc([N+](=O)[O-])ccc4Cl)s3)C3=C2C(=O)CCC3)cc1. The van der Waals surface area contributed by atoms with Gasteiger partial charge >= 0.3 is 0 Å². The van der Waals surface area contributed by atoms with Crippen LogP contribution in [-0.2, 0) is 9.59 Å². The van der Waals surface area contributed by atoms with E-state index in [0.29, 0.717) is 40.0 Å². The fourth-order valence-electron chi connectivity index (χ4n) is 4.78. The predicted molar refractivity (Wildman–Crippen MR) is 156 cm³/mol. The van der Waals surface area contributed by atoms with Crippen molar-refractivity contribution in [3.63, 3.8) is 0 Å². The Hall–Kier alpha value is -4.25. The molecule has 208 valence electrons. The maximum absolute atomic E-state index is 13.3. The summed E-state index contributed by atoms with van der Waals surface area (Å²) in [6, 6.07) is 13.7. The molecule has 1 aliphatic carbocycles. The summed E-state index contributed by atoms with van der Waals surface area (Å²) in [5, 5.41) is 32.8. The normalized spacial score (nSPS) is 16.9. The summed E-state index contributed by atoms with van der Waals surface area (Å²) in [6.07, 6.45) is 1.61. The molecule has 0 fully saturated rings. The van der Waals surface area contributed by atoms with Crippen LogP contribution in [0.5, 0.6) is 0 Å². The van der Waals surface area contributed by atoms with Crippen molar-refractivity contribution in [1.82, 2.24) is 10.2 Å². The molecule has 41 heavy (non-hydrogen) atoms. The van der Waals surface area contributed by atoms with Crippen LogP contribution in [0.1, 0.15) is 36.3 Å². The molecule has 5 rings (SSSR count). The van der Waals surface area contributed by atoms with Crippen LogP contribution in [0.2, 0.25) is 5.02 Å². The molecule has 0 spiro atoms. The Balaban J connectivity index is 1.39. The molecule has 1 aliphatic heterocycles. The fourth-order valence-corrected chi connectivity index (χ4v) is 6.63. The molecule has 2 aromatic carbocycles. The van der Waals surface area contributed by atoms with Crippen LogP contribution in [0.4, 0.5) is 16.5 Å². The quantitative estimate of drug-likeness (QED) is 0.200. The number of thioether (sulfide) groups is 1. The molecule has 3 N–H and O–H groups in total. The number of nitro groups is 1. The van der Waals surface area contributed by atoms with Gasteiger partial charge in [0.25, 0.3) is 5.69 Å². The monoisotopic (exact) mass is 607 g/mol. The van der Waals surface area contributed by atoms with Gasteiger partial charge in [-0.3, -0.25) is 24.6 Å². The number of nitrogens with one attached hydrogen (secondary N) is 1. The lowest BCUT2D eigenvalue weighted by atomic mass is 9.75. The second-order valence-electron chi connectivity index (χ2n) is 9.34. The molecule has 1 amide bonds. The molecule has 0 bridgehead atoms. The number of hydrogen-bond donors (Lipinski definition) is 2. The number of hydrogen-bond acceptors (Lipinski definition) is 11. The van der Waals surface area contributed by atoms with Crippen molar-refractivity contribution in [2.45, 2.75) is 36.4 Å². The minimum atomic E-state index is -0.578. The van der Waals surface area contributed by atoms with E-state index in [9.17, 15) is 25.0 Å². The van der Waals surface area contributed by atoms with Gasteiger partial charge in [0.15, 0.2) is 10.1 Å². The number of rotatable bonds is 7. The molecule has 1 atom stereocenters. The number of carbonyl (C=O) groups is 2. The largest absolute Gasteiger partial charge is 0.384 e. The Morgan fingerprint density at radius 3 is 2.76 bits per heavy atom. The van der Waals surface area contributed by atoms with E-state index in [4.69, 9.17) is 17.3 Å². The first kappa shape index (κ1) is 28.3. The van der Waals surface area contributed by atoms with Crippen molar-refractivity contribution in [3.8, 4) is 6.07 Å². The number of nitrogens with zero attached hydrogens (tertiary/aromatic N) is 5. The molecule has 2 aliphatic rings. The summed E-state index contributed by atoms with van der Waals surface area (Å²) in [5.41, 5.74) is 9.91. The maximum Gasteiger partial charge on any atom is 0.271 e. The smallest absolute Gasteiger partial charge is 0.271 e. The topological polar surface area (TPSA) is 168 Å². The van der Waals surface area contributed by atoms with Gasteiger partial charge in [0, 0.05) is 29.8 Å². The first-order valence-electron chi connectivity index (χ1n) is 12.4. The number of aryl methyl sites for hydroxylation is 1. The van der Waals surface area contributed by atoms with Crippen LogP contribution in [0.15, 0.2) is 69.5 Å². The molecule has 11 nitrogen and oxygen atoms in total. The number of carbonyl (C=O) groups excluding carboxylic acids is 2. The minimum absolute atomic E-state index is 0.0299. The first-order chi connectivity index (χ1) is 19.7. The average molecular weight is 608 g/mol. The summed E-state index contributed by atoms with van der Waals surface area (Å²) in [5.74, 6) is -0.910. The molecule has 3 aromatic rings. The third kappa shape index (κ3) is 5.67. The summed E-state index contributed by atoms with van der Waals surface area (Å²) in [4.78, 5) is 37.9. The zero-order chi connectivity index (χ0) is 29.3. The number of Topliss-reactive ketones (excluding diaryl/α,β-unsaturated/α-hetero) is 1. The maximum atomic E-state index is 13.3. The van der Waals surface area contributed by atoms with Gasteiger partial charge < -0.3 is 11.1 Å². The van der Waals surface area contributed by atoms with E-state index < -0.39 is 16.7 Å². The second kappa shape index (κ2) is 11.7. The number of amides is 1. The van der Waals surface area contributed by atoms with Gasteiger partial charge in [-0.25, -0.2) is 0 Å². The van der Waals surface area contributed by atoms with E-state index >= 15 is 0 Å². The van der Waals surface area contributed by atoms with Crippen LogP contribution in [-0.4, -0.2) is 32.6 Å². The van der Waals surface area contributed by atoms with Crippen molar-refractivity contribution >= 4 is 62.9 Å². The lowest BCUT2D eigenvalue weighted by Gasteiger charge is -2.38. The molecule has 0 saturated carbocycles. The number of ketones is 1. The van der Waals surface area contributed by atoms with Crippen molar-refractivity contribution in [1.29, 1.82) is 5.26 Å². The van der Waals surface area contributed by atoms with Gasteiger partial charge in [-0.1, -0.05) is 64.5 Å². The second-order valence-corrected chi connectivity index (χ2v) is 11.9. The van der Waals surface area contributed by atoms with Crippen molar-refractivity contribution in [2.24, 2.45) is 5.73 Å². The predicted octanol–water partition coefficient (Wildman–Crippen LogP) is 5.44. The molecule has 1 unspecified atom stereocenters. The van der Waals surface area contributed by atoms with E-state index in [-0.39, 0.29) is 39.3 Å². The van der Waals surface area contributed by atoms with Gasteiger partial charge in [0.2, 0.25) is 11.0 Å². The van der Waals surface area contributed by atoms with Crippen molar-refractivity contribution in [2.75, 3.05) is 16.0 Å². The number of halogens is 1. The number of nitrogens with two attached hydrogens (primary N) is 1. The third-order valence-electron chi connectivity index (χ3n) is 6.67. The van der Waals surface area contributed by atoms with Gasteiger partial charge in [-0.2, -0.15) is 5.26 Å². The highest BCUT2D eigenvalue weighted by Gasteiger charge is 2.41. The zero-order valence-electron chi connectivity index (χ0n) is 21.6. The summed E-state index contributed by atoms with van der Waals surface area (Å²) in [6.45, 7) is 1.97. The third-order valence-corrected chi connectivity index (χ3v) is 9.04. The lowest BCUT2D eigenvalue weighted by molar-refractivity contribution is -0.384. The van der Waals surface area contributed by atoms with Gasteiger partial charge in [0.05, 0.1) is 38.9 Å². The standard InChI is InChI=1S/C27H22ClN7O4S2/c1-14-5-7-15(8-6-14)23-17(12-29)25(30)34(20-3-2-4-21(36)24(20)23)26-32-33-27(41-26)40-13-22(37)31-19-11-16(35(38)39)9-10-18(19)28/h5-11,23H,2-4,13,30H2,1H3,(H,31,37). The Morgan fingerprint density at radius 1 is 1.29 bits per heavy atom. The molecular weight excluding hydrogens is 586 g/mol. The summed E-state index contributed by atoms with van der Waals surface area (Å²) >= 11 is 8.36. The molecular formula is C27H22ClN7O4S2. The molecule has 0 saturated heterocycles. The number of aromatic nitrogens is 2. The lowest BCUT2D eigenvalue weighted by Crippen LogP contribution is -2.38. The van der Waals surface area contributed by atoms with Crippen LogP contribution in [0.25, 0.3) is 0 Å². The van der Waals surface area contributed by atoms with E-state index in [1.165, 1.54) is 29.5 Å². The fraction of sp³-hybridized carbons (Fsp3) is 0.222. The number of allylic oxidation sites excluding steroid dienone is 3. The highest BCUT2D eigenvalue weighted by atomic mass is 35.5. The Bertz CT molecular complexity index is 1680. The van der Waals surface area contributed by atoms with Crippen molar-refractivity contribution in [3.05, 3.63) is 91.4 Å². The van der Waals surface area contributed by atoms with Crippen LogP contribution in [0.3, 0.4) is 0 Å². The number of nitro benzene ring substituents is 1. The Kier molecular flexibility index (Phi) is 8.07. The molecule has 14 heteroatoms. The van der Waals surface area contributed by atoms with E-state index in [1.807, 2.05) is 31.2 Å². The number of anilines is 2.